The molecule has 3 aromatic rings. The molecule has 0 amide bonds. The molecule has 0 radical (unpaired) electrons. The predicted octanol–water partition coefficient (Wildman–Crippen LogP) is 3.97. The van der Waals surface area contributed by atoms with Crippen LogP contribution in [-0.4, -0.2) is 51.8 Å². The zero-order valence-corrected chi connectivity index (χ0v) is 17.7. The molecule has 0 saturated heterocycles. The number of thioether (sulfide) groups is 1. The largest absolute Gasteiger partial charge is 0.309 e. The summed E-state index contributed by atoms with van der Waals surface area (Å²) in [6, 6.07) is 13.0. The lowest BCUT2D eigenvalue weighted by Crippen LogP contribution is -2.18. The highest BCUT2D eigenvalue weighted by Gasteiger charge is 2.23. The maximum absolute atomic E-state index is 13.5. The molecule has 1 aliphatic rings. The molecule has 150 valence electrons. The van der Waals surface area contributed by atoms with Gasteiger partial charge >= 0.3 is 0 Å². The third-order valence-electron chi connectivity index (χ3n) is 4.85. The lowest BCUT2D eigenvalue weighted by molar-refractivity contribution is 0.408. The van der Waals surface area contributed by atoms with Gasteiger partial charge in [0.25, 0.3) is 0 Å². The third-order valence-corrected chi connectivity index (χ3v) is 5.73. The van der Waals surface area contributed by atoms with E-state index in [2.05, 4.69) is 58.9 Å². The van der Waals surface area contributed by atoms with Gasteiger partial charge in [0.15, 0.2) is 5.82 Å². The molecule has 2 aromatic carbocycles. The van der Waals surface area contributed by atoms with E-state index in [1.54, 1.807) is 23.9 Å². The minimum Gasteiger partial charge on any atom is -0.309 e. The third kappa shape index (κ3) is 4.11. The molecule has 1 aliphatic heterocycles. The van der Waals surface area contributed by atoms with E-state index in [-0.39, 0.29) is 5.82 Å². The summed E-state index contributed by atoms with van der Waals surface area (Å²) < 4.78 is 15.6. The number of hydrogen-bond donors (Lipinski definition) is 0. The number of hydrogen-bond acceptors (Lipinski definition) is 5. The average molecular weight is 410 g/mol. The van der Waals surface area contributed by atoms with Crippen LogP contribution in [0.2, 0.25) is 0 Å². The summed E-state index contributed by atoms with van der Waals surface area (Å²) >= 11 is 1.79. The highest BCUT2D eigenvalue weighted by atomic mass is 32.2. The van der Waals surface area contributed by atoms with Gasteiger partial charge in [-0.25, -0.2) is 4.39 Å². The van der Waals surface area contributed by atoms with Gasteiger partial charge in [-0.15, -0.1) is 22.0 Å². The fraction of sp³-hybridized carbons (Fsp3) is 0.318. The van der Waals surface area contributed by atoms with Crippen molar-refractivity contribution >= 4 is 17.5 Å². The molecule has 4 rings (SSSR count). The Hall–Kier alpha value is -2.51. The normalized spacial score (nSPS) is 13.1. The SMILES string of the molecule is CCSc1ccc2c(c1)C(c1ccc(F)cc1)=NCc1nnc(CCN(C)C)n1-2. The summed E-state index contributed by atoms with van der Waals surface area (Å²) in [7, 11) is 4.11. The van der Waals surface area contributed by atoms with Crippen molar-refractivity contribution in [2.45, 2.75) is 24.8 Å². The van der Waals surface area contributed by atoms with Crippen LogP contribution in [0, 0.1) is 5.82 Å². The summed E-state index contributed by atoms with van der Waals surface area (Å²) in [6.07, 6.45) is 0.802. The second-order valence-corrected chi connectivity index (χ2v) is 8.54. The Morgan fingerprint density at radius 3 is 2.62 bits per heavy atom. The Morgan fingerprint density at radius 1 is 1.10 bits per heavy atom. The molecule has 7 heteroatoms. The lowest BCUT2D eigenvalue weighted by atomic mass is 10.0. The molecule has 0 atom stereocenters. The molecule has 29 heavy (non-hydrogen) atoms. The van der Waals surface area contributed by atoms with Gasteiger partial charge in [0.05, 0.1) is 11.4 Å². The summed E-state index contributed by atoms with van der Waals surface area (Å²) in [4.78, 5) is 8.19. The van der Waals surface area contributed by atoms with Crippen LogP contribution in [0.4, 0.5) is 4.39 Å². The van der Waals surface area contributed by atoms with Crippen molar-refractivity contribution in [3.8, 4) is 5.69 Å². The van der Waals surface area contributed by atoms with Crippen molar-refractivity contribution in [3.05, 3.63) is 71.1 Å². The highest BCUT2D eigenvalue weighted by molar-refractivity contribution is 7.99. The first-order valence-corrected chi connectivity index (χ1v) is 10.7. The Balaban J connectivity index is 1.86. The summed E-state index contributed by atoms with van der Waals surface area (Å²) in [6.45, 7) is 3.47. The van der Waals surface area contributed by atoms with Crippen molar-refractivity contribution in [2.75, 3.05) is 26.4 Å². The number of likely N-dealkylation sites (N-methyl/N-ethyl adjacent to an activating group) is 1. The van der Waals surface area contributed by atoms with Gasteiger partial charge in [0.1, 0.15) is 18.2 Å². The van der Waals surface area contributed by atoms with E-state index >= 15 is 0 Å². The Labute approximate surface area is 174 Å². The van der Waals surface area contributed by atoms with Crippen LogP contribution in [0.3, 0.4) is 0 Å². The number of nitrogens with zero attached hydrogens (tertiary/aromatic N) is 5. The minimum absolute atomic E-state index is 0.249. The van der Waals surface area contributed by atoms with E-state index in [1.165, 1.54) is 17.0 Å². The molecule has 0 unspecified atom stereocenters. The van der Waals surface area contributed by atoms with Crippen molar-refractivity contribution in [1.29, 1.82) is 0 Å². The number of rotatable bonds is 6. The first-order chi connectivity index (χ1) is 14.1. The predicted molar refractivity (Wildman–Crippen MR) is 116 cm³/mol. The molecule has 0 spiro atoms. The fourth-order valence-electron chi connectivity index (χ4n) is 3.47. The topological polar surface area (TPSA) is 46.3 Å². The van der Waals surface area contributed by atoms with Crippen LogP contribution in [0.15, 0.2) is 52.4 Å². The van der Waals surface area contributed by atoms with Crippen molar-refractivity contribution in [3.63, 3.8) is 0 Å². The standard InChI is InChI=1S/C22H24FN5S/c1-4-29-17-9-10-19-18(13-17)22(15-5-7-16(23)8-6-15)24-14-21-26-25-20(28(19)21)11-12-27(2)3/h5-10,13H,4,11-12,14H2,1-3H3. The maximum atomic E-state index is 13.5. The first-order valence-electron chi connectivity index (χ1n) is 9.72. The summed E-state index contributed by atoms with van der Waals surface area (Å²) in [5.41, 5.74) is 3.82. The van der Waals surface area contributed by atoms with Crippen LogP contribution >= 0.6 is 11.8 Å². The van der Waals surface area contributed by atoms with E-state index in [9.17, 15) is 4.39 Å². The fourth-order valence-corrected chi connectivity index (χ4v) is 4.16. The van der Waals surface area contributed by atoms with E-state index in [0.29, 0.717) is 6.54 Å². The molecular weight excluding hydrogens is 385 g/mol. The van der Waals surface area contributed by atoms with Crippen molar-refractivity contribution in [1.82, 2.24) is 19.7 Å². The van der Waals surface area contributed by atoms with Gasteiger partial charge < -0.3 is 4.90 Å². The van der Waals surface area contributed by atoms with Crippen LogP contribution in [0.25, 0.3) is 5.69 Å². The maximum Gasteiger partial charge on any atom is 0.159 e. The average Bonchev–Trinajstić information content (AvgIpc) is 3.03. The van der Waals surface area contributed by atoms with Crippen LogP contribution in [0.5, 0.6) is 0 Å². The molecular formula is C22H24FN5S. The Morgan fingerprint density at radius 2 is 1.90 bits per heavy atom. The van der Waals surface area contributed by atoms with Crippen LogP contribution < -0.4 is 0 Å². The molecule has 0 saturated carbocycles. The van der Waals surface area contributed by atoms with Gasteiger partial charge in [-0.2, -0.15) is 0 Å². The van der Waals surface area contributed by atoms with E-state index in [1.807, 2.05) is 0 Å². The molecule has 0 aliphatic carbocycles. The lowest BCUT2D eigenvalue weighted by Gasteiger charge is -2.16. The van der Waals surface area contributed by atoms with Gasteiger partial charge in [0, 0.05) is 29.0 Å². The van der Waals surface area contributed by atoms with Gasteiger partial charge in [-0.05, 0) is 62.3 Å². The number of fused-ring (bicyclic) bond motifs is 3. The number of halogens is 1. The Kier molecular flexibility index (Phi) is 5.78. The number of benzene rings is 2. The van der Waals surface area contributed by atoms with E-state index in [0.717, 1.165) is 52.9 Å². The molecule has 0 fully saturated rings. The summed E-state index contributed by atoms with van der Waals surface area (Å²) in [5.74, 6) is 2.50. The highest BCUT2D eigenvalue weighted by Crippen LogP contribution is 2.30. The zero-order valence-electron chi connectivity index (χ0n) is 16.9. The minimum atomic E-state index is -0.249. The zero-order chi connectivity index (χ0) is 20.4. The molecule has 0 N–H and O–H groups in total. The van der Waals surface area contributed by atoms with Crippen molar-refractivity contribution < 1.29 is 4.39 Å². The van der Waals surface area contributed by atoms with Crippen molar-refractivity contribution in [2.24, 2.45) is 4.99 Å². The molecule has 5 nitrogen and oxygen atoms in total. The second-order valence-electron chi connectivity index (χ2n) is 7.20. The van der Waals surface area contributed by atoms with Gasteiger partial charge in [0.2, 0.25) is 0 Å². The smallest absolute Gasteiger partial charge is 0.159 e. The number of aliphatic imine (C=N–C) groups is 1. The number of aromatic nitrogens is 3. The van der Waals surface area contributed by atoms with E-state index < -0.39 is 0 Å². The summed E-state index contributed by atoms with van der Waals surface area (Å²) in [5, 5.41) is 8.86. The quantitative estimate of drug-likeness (QED) is 0.578. The Bertz CT molecular complexity index is 1040. The second kappa shape index (κ2) is 8.47. The van der Waals surface area contributed by atoms with Gasteiger partial charge in [-0.1, -0.05) is 6.92 Å². The van der Waals surface area contributed by atoms with E-state index in [4.69, 9.17) is 4.99 Å². The molecule has 0 bridgehead atoms. The van der Waals surface area contributed by atoms with Crippen LogP contribution in [0.1, 0.15) is 29.7 Å². The molecule has 1 aromatic heterocycles. The first kappa shape index (κ1) is 19.8. The molecule has 2 heterocycles. The van der Waals surface area contributed by atoms with Crippen LogP contribution in [-0.2, 0) is 13.0 Å². The monoisotopic (exact) mass is 409 g/mol. The van der Waals surface area contributed by atoms with Gasteiger partial charge in [-0.3, -0.25) is 9.56 Å².